The average molecular weight is 480 g/mol. The molecule has 2 aromatic heterocycles. The van der Waals surface area contributed by atoms with Crippen molar-refractivity contribution in [2.24, 2.45) is 5.73 Å². The molecule has 4 N–H and O–H groups in total. The number of anilines is 1. The smallest absolute Gasteiger partial charge is 0.251 e. The maximum absolute atomic E-state index is 12.6. The van der Waals surface area contributed by atoms with Gasteiger partial charge < -0.3 is 20.9 Å². The van der Waals surface area contributed by atoms with Gasteiger partial charge in [0.2, 0.25) is 11.9 Å². The molecule has 0 aliphatic carbocycles. The van der Waals surface area contributed by atoms with Crippen LogP contribution >= 0.6 is 0 Å². The van der Waals surface area contributed by atoms with Crippen molar-refractivity contribution in [3.05, 3.63) is 77.6 Å². The second-order valence-electron chi connectivity index (χ2n) is 8.77. The summed E-state index contributed by atoms with van der Waals surface area (Å²) in [5.41, 5.74) is 10.2. The fourth-order valence-corrected chi connectivity index (χ4v) is 4.58. The molecule has 1 aliphatic rings. The summed E-state index contributed by atoms with van der Waals surface area (Å²) in [5, 5.41) is 13.1. The van der Waals surface area contributed by atoms with Crippen LogP contribution in [0, 0.1) is 11.3 Å². The molecule has 180 valence electrons. The number of H-pyrrole nitrogens is 1. The predicted molar refractivity (Wildman–Crippen MR) is 136 cm³/mol. The first-order valence-corrected chi connectivity index (χ1v) is 11.8. The minimum Gasteiger partial charge on any atom is -0.368 e. The molecule has 0 saturated carbocycles. The molecule has 1 saturated heterocycles. The predicted octanol–water partition coefficient (Wildman–Crippen LogP) is 2.92. The third-order valence-corrected chi connectivity index (χ3v) is 6.49. The van der Waals surface area contributed by atoms with Crippen LogP contribution in [0.4, 0.5) is 5.95 Å². The first kappa shape index (κ1) is 23.1. The number of hydrogen-bond donors (Lipinski definition) is 3. The summed E-state index contributed by atoms with van der Waals surface area (Å²) in [5.74, 6) is -0.0455. The van der Waals surface area contributed by atoms with Crippen molar-refractivity contribution in [2.75, 3.05) is 18.0 Å². The van der Waals surface area contributed by atoms with E-state index in [9.17, 15) is 14.9 Å². The highest BCUT2D eigenvalue weighted by Crippen LogP contribution is 2.25. The van der Waals surface area contributed by atoms with Crippen LogP contribution in [0.25, 0.3) is 22.2 Å². The Morgan fingerprint density at radius 2 is 2.03 bits per heavy atom. The number of carbonyl (C=O) groups is 2. The molecule has 0 spiro atoms. The van der Waals surface area contributed by atoms with Crippen LogP contribution in [0.5, 0.6) is 0 Å². The molecule has 1 atom stereocenters. The van der Waals surface area contributed by atoms with E-state index in [-0.39, 0.29) is 17.9 Å². The zero-order valence-corrected chi connectivity index (χ0v) is 19.6. The lowest BCUT2D eigenvalue weighted by Gasteiger charge is -2.22. The van der Waals surface area contributed by atoms with Crippen molar-refractivity contribution in [3.63, 3.8) is 0 Å². The van der Waals surface area contributed by atoms with Crippen molar-refractivity contribution >= 4 is 28.7 Å². The quantitative estimate of drug-likeness (QED) is 0.372. The zero-order valence-electron chi connectivity index (χ0n) is 19.6. The number of nitrogens with zero attached hydrogens (tertiary/aromatic N) is 4. The molecule has 36 heavy (non-hydrogen) atoms. The van der Waals surface area contributed by atoms with Gasteiger partial charge in [0.25, 0.3) is 5.91 Å². The SMILES string of the molecule is N#Cc1c[nH]c2ccc(CCNC(=O)c3ccc(-c4ccnc(N5CCCC5C(N)=O)n4)cc3)cc12. The minimum atomic E-state index is -0.385. The lowest BCUT2D eigenvalue weighted by molar-refractivity contribution is -0.119. The summed E-state index contributed by atoms with van der Waals surface area (Å²) in [6.07, 6.45) is 5.59. The van der Waals surface area contributed by atoms with E-state index in [0.29, 0.717) is 48.7 Å². The summed E-state index contributed by atoms with van der Waals surface area (Å²) in [6, 6.07) is 16.7. The Morgan fingerprint density at radius 3 is 2.81 bits per heavy atom. The molecule has 2 amide bonds. The number of rotatable bonds is 7. The molecule has 1 aliphatic heterocycles. The lowest BCUT2D eigenvalue weighted by atomic mass is 10.1. The summed E-state index contributed by atoms with van der Waals surface area (Å²) in [7, 11) is 0. The van der Waals surface area contributed by atoms with Crippen molar-refractivity contribution in [1.82, 2.24) is 20.3 Å². The van der Waals surface area contributed by atoms with Gasteiger partial charge in [-0.2, -0.15) is 5.26 Å². The van der Waals surface area contributed by atoms with Crippen molar-refractivity contribution < 1.29 is 9.59 Å². The topological polar surface area (TPSA) is 141 Å². The Morgan fingerprint density at radius 1 is 1.19 bits per heavy atom. The number of benzene rings is 2. The van der Waals surface area contributed by atoms with Crippen LogP contribution in [0.1, 0.15) is 34.3 Å². The molecule has 0 radical (unpaired) electrons. The number of primary amides is 1. The number of fused-ring (bicyclic) bond motifs is 1. The molecule has 4 aromatic rings. The third-order valence-electron chi connectivity index (χ3n) is 6.49. The normalized spacial score (nSPS) is 15.1. The van der Waals surface area contributed by atoms with E-state index in [1.165, 1.54) is 0 Å². The Bertz CT molecular complexity index is 1470. The van der Waals surface area contributed by atoms with Crippen LogP contribution in [0.2, 0.25) is 0 Å². The Balaban J connectivity index is 1.22. The monoisotopic (exact) mass is 479 g/mol. The largest absolute Gasteiger partial charge is 0.368 e. The van der Waals surface area contributed by atoms with Crippen molar-refractivity contribution in [3.8, 4) is 17.3 Å². The summed E-state index contributed by atoms with van der Waals surface area (Å²) < 4.78 is 0. The van der Waals surface area contributed by atoms with Crippen LogP contribution in [-0.4, -0.2) is 45.9 Å². The van der Waals surface area contributed by atoms with Crippen molar-refractivity contribution in [1.29, 1.82) is 5.26 Å². The van der Waals surface area contributed by atoms with Crippen molar-refractivity contribution in [2.45, 2.75) is 25.3 Å². The van der Waals surface area contributed by atoms with Crippen LogP contribution in [0.3, 0.4) is 0 Å². The number of nitriles is 1. The number of hydrogen-bond acceptors (Lipinski definition) is 6. The number of amides is 2. The molecule has 0 bridgehead atoms. The molecule has 2 aromatic carbocycles. The second kappa shape index (κ2) is 9.88. The molecular formula is C27H25N7O2. The number of nitrogens with one attached hydrogen (secondary N) is 2. The van der Waals surface area contributed by atoms with E-state index in [1.807, 2.05) is 35.2 Å². The molecule has 9 nitrogen and oxygen atoms in total. The van der Waals surface area contributed by atoms with Crippen LogP contribution in [-0.2, 0) is 11.2 Å². The van der Waals surface area contributed by atoms with Gasteiger partial charge in [-0.3, -0.25) is 9.59 Å². The van der Waals surface area contributed by atoms with E-state index < -0.39 is 0 Å². The van der Waals surface area contributed by atoms with E-state index in [0.717, 1.165) is 28.5 Å². The molecular weight excluding hydrogens is 454 g/mol. The van der Waals surface area contributed by atoms with E-state index in [2.05, 4.69) is 26.3 Å². The summed E-state index contributed by atoms with van der Waals surface area (Å²) in [4.78, 5) is 38.3. The fourth-order valence-electron chi connectivity index (χ4n) is 4.58. The zero-order chi connectivity index (χ0) is 25.1. The Labute approximate surface area is 208 Å². The highest BCUT2D eigenvalue weighted by molar-refractivity contribution is 5.94. The maximum atomic E-state index is 12.6. The first-order valence-electron chi connectivity index (χ1n) is 11.8. The average Bonchev–Trinajstić information content (AvgIpc) is 3.56. The van der Waals surface area contributed by atoms with Gasteiger partial charge in [0, 0.05) is 47.5 Å². The molecule has 5 rings (SSSR count). The van der Waals surface area contributed by atoms with Crippen LogP contribution < -0.4 is 16.0 Å². The van der Waals surface area contributed by atoms with Gasteiger partial charge in [-0.05, 0) is 55.2 Å². The molecule has 1 fully saturated rings. The lowest BCUT2D eigenvalue weighted by Crippen LogP contribution is -2.41. The van der Waals surface area contributed by atoms with Gasteiger partial charge >= 0.3 is 0 Å². The second-order valence-corrected chi connectivity index (χ2v) is 8.77. The van der Waals surface area contributed by atoms with E-state index in [1.54, 1.807) is 30.6 Å². The minimum absolute atomic E-state index is 0.160. The highest BCUT2D eigenvalue weighted by atomic mass is 16.2. The van der Waals surface area contributed by atoms with E-state index >= 15 is 0 Å². The highest BCUT2D eigenvalue weighted by Gasteiger charge is 2.31. The number of nitrogens with two attached hydrogens (primary N) is 1. The third kappa shape index (κ3) is 4.61. The van der Waals surface area contributed by atoms with Gasteiger partial charge in [0.15, 0.2) is 0 Å². The Hall–Kier alpha value is -4.71. The van der Waals surface area contributed by atoms with Gasteiger partial charge in [0.05, 0.1) is 11.3 Å². The number of aromatic amines is 1. The number of aromatic nitrogens is 3. The molecule has 9 heteroatoms. The molecule has 1 unspecified atom stereocenters. The van der Waals surface area contributed by atoms with Gasteiger partial charge in [-0.1, -0.05) is 18.2 Å². The van der Waals surface area contributed by atoms with Crippen LogP contribution in [0.15, 0.2) is 60.9 Å². The van der Waals surface area contributed by atoms with E-state index in [4.69, 9.17) is 5.73 Å². The standard InChI is InChI=1S/C27H25N7O2/c28-15-20-16-32-23-8-3-17(14-21(20)23)9-11-30-26(36)19-6-4-18(5-7-19)22-10-12-31-27(33-22)34-13-1-2-24(34)25(29)35/h3-8,10,12,14,16,24,32H,1-2,9,11,13H2,(H2,29,35)(H,30,36). The first-order chi connectivity index (χ1) is 17.5. The molecule has 3 heterocycles. The summed E-state index contributed by atoms with van der Waals surface area (Å²) >= 11 is 0. The fraction of sp³-hybridized carbons (Fsp3) is 0.222. The van der Waals surface area contributed by atoms with Gasteiger partial charge in [-0.25, -0.2) is 9.97 Å². The maximum Gasteiger partial charge on any atom is 0.251 e. The number of carbonyl (C=O) groups excluding carboxylic acids is 2. The Kier molecular flexibility index (Phi) is 6.33. The van der Waals surface area contributed by atoms with Gasteiger partial charge in [0.1, 0.15) is 12.1 Å². The van der Waals surface area contributed by atoms with Gasteiger partial charge in [-0.15, -0.1) is 0 Å². The summed E-state index contributed by atoms with van der Waals surface area (Å²) in [6.45, 7) is 1.17.